The Morgan fingerprint density at radius 3 is 2.64 bits per heavy atom. The van der Waals surface area contributed by atoms with Crippen molar-refractivity contribution in [1.82, 2.24) is 15.1 Å². The zero-order valence-electron chi connectivity index (χ0n) is 14.6. The van der Waals surface area contributed by atoms with E-state index in [0.717, 1.165) is 17.8 Å². The fourth-order valence-corrected chi connectivity index (χ4v) is 3.76. The van der Waals surface area contributed by atoms with E-state index in [1.54, 1.807) is 11.3 Å². The van der Waals surface area contributed by atoms with Gasteiger partial charge in [0.05, 0.1) is 5.69 Å². The smallest absolute Gasteiger partial charge is 0.220 e. The maximum absolute atomic E-state index is 12.3. The van der Waals surface area contributed by atoms with Gasteiger partial charge in [0.1, 0.15) is 6.04 Å². The topological polar surface area (TPSA) is 46.9 Å². The molecule has 1 N–H and O–H groups in total. The SMILES string of the molecule is Cc1cc(C)n(C(CNC(=O)CCc2ccccc2)c2cccs2)n1. The zero-order chi connectivity index (χ0) is 17.6. The van der Waals surface area contributed by atoms with E-state index >= 15 is 0 Å². The average Bonchev–Trinajstić information content (AvgIpc) is 3.25. The Bertz CT molecular complexity index is 809. The van der Waals surface area contributed by atoms with Crippen LogP contribution in [-0.2, 0) is 11.2 Å². The molecule has 3 rings (SSSR count). The number of amides is 1. The average molecular weight is 353 g/mol. The molecular weight excluding hydrogens is 330 g/mol. The number of aromatic nitrogens is 2. The fourth-order valence-electron chi connectivity index (χ4n) is 2.95. The van der Waals surface area contributed by atoms with Gasteiger partial charge < -0.3 is 5.32 Å². The predicted octanol–water partition coefficient (Wildman–Crippen LogP) is 3.90. The summed E-state index contributed by atoms with van der Waals surface area (Å²) < 4.78 is 2.01. The number of aryl methyl sites for hydroxylation is 3. The lowest BCUT2D eigenvalue weighted by molar-refractivity contribution is -0.121. The Kier molecular flexibility index (Phi) is 5.66. The Hall–Kier alpha value is -2.40. The number of benzene rings is 1. The summed E-state index contributed by atoms with van der Waals surface area (Å²) in [5.41, 5.74) is 3.29. The van der Waals surface area contributed by atoms with Crippen molar-refractivity contribution in [2.45, 2.75) is 32.7 Å². The summed E-state index contributed by atoms with van der Waals surface area (Å²) in [4.78, 5) is 13.5. The summed E-state index contributed by atoms with van der Waals surface area (Å²) in [6.45, 7) is 4.60. The molecule has 5 heteroatoms. The second kappa shape index (κ2) is 8.12. The first-order chi connectivity index (χ1) is 12.1. The van der Waals surface area contributed by atoms with Crippen molar-refractivity contribution >= 4 is 17.2 Å². The molecule has 2 aromatic heterocycles. The molecular formula is C20H23N3OS. The van der Waals surface area contributed by atoms with Crippen molar-refractivity contribution in [1.29, 1.82) is 0 Å². The fraction of sp³-hybridized carbons (Fsp3) is 0.300. The maximum atomic E-state index is 12.3. The van der Waals surface area contributed by atoms with Crippen LogP contribution >= 0.6 is 11.3 Å². The van der Waals surface area contributed by atoms with Gasteiger partial charge in [-0.3, -0.25) is 9.48 Å². The summed E-state index contributed by atoms with van der Waals surface area (Å²) in [6.07, 6.45) is 1.26. The van der Waals surface area contributed by atoms with Crippen LogP contribution in [0.15, 0.2) is 53.9 Å². The Morgan fingerprint density at radius 2 is 2.00 bits per heavy atom. The molecule has 0 aliphatic rings. The van der Waals surface area contributed by atoms with E-state index in [-0.39, 0.29) is 11.9 Å². The van der Waals surface area contributed by atoms with Gasteiger partial charge in [0.15, 0.2) is 0 Å². The van der Waals surface area contributed by atoms with Crippen LogP contribution in [0.25, 0.3) is 0 Å². The van der Waals surface area contributed by atoms with E-state index < -0.39 is 0 Å². The van der Waals surface area contributed by atoms with Gasteiger partial charge in [-0.05, 0) is 43.3 Å². The molecule has 2 heterocycles. The molecule has 0 spiro atoms. The zero-order valence-corrected chi connectivity index (χ0v) is 15.4. The van der Waals surface area contributed by atoms with Gasteiger partial charge in [0, 0.05) is 23.5 Å². The minimum atomic E-state index is 0.0365. The molecule has 25 heavy (non-hydrogen) atoms. The highest BCUT2D eigenvalue weighted by molar-refractivity contribution is 7.10. The van der Waals surface area contributed by atoms with Gasteiger partial charge in [-0.25, -0.2) is 0 Å². The number of carbonyl (C=O) groups is 1. The molecule has 1 aromatic carbocycles. The van der Waals surface area contributed by atoms with Crippen LogP contribution in [0.2, 0.25) is 0 Å². The van der Waals surface area contributed by atoms with Crippen LogP contribution < -0.4 is 5.32 Å². The molecule has 130 valence electrons. The normalized spacial score (nSPS) is 12.1. The Balaban J connectivity index is 1.63. The van der Waals surface area contributed by atoms with E-state index in [4.69, 9.17) is 0 Å². The van der Waals surface area contributed by atoms with Crippen molar-refractivity contribution in [3.8, 4) is 0 Å². The summed E-state index contributed by atoms with van der Waals surface area (Å²) in [5, 5.41) is 9.75. The summed E-state index contributed by atoms with van der Waals surface area (Å²) in [6, 6.07) is 16.3. The van der Waals surface area contributed by atoms with Gasteiger partial charge in [-0.1, -0.05) is 36.4 Å². The van der Waals surface area contributed by atoms with Crippen LogP contribution in [0.1, 0.15) is 34.3 Å². The van der Waals surface area contributed by atoms with Crippen LogP contribution in [0.3, 0.4) is 0 Å². The minimum Gasteiger partial charge on any atom is -0.354 e. The van der Waals surface area contributed by atoms with Gasteiger partial charge in [-0.2, -0.15) is 5.10 Å². The standard InChI is InChI=1S/C20H23N3OS/c1-15-13-16(2)23(22-15)18(19-9-6-12-25-19)14-21-20(24)11-10-17-7-4-3-5-8-17/h3-9,12-13,18H,10-11,14H2,1-2H3,(H,21,24). The van der Waals surface area contributed by atoms with Gasteiger partial charge in [-0.15, -0.1) is 11.3 Å². The number of nitrogens with zero attached hydrogens (tertiary/aromatic N) is 2. The highest BCUT2D eigenvalue weighted by Crippen LogP contribution is 2.24. The molecule has 1 amide bonds. The summed E-state index contributed by atoms with van der Waals surface area (Å²) >= 11 is 1.69. The quantitative estimate of drug-likeness (QED) is 0.700. The number of hydrogen-bond acceptors (Lipinski definition) is 3. The number of thiophene rings is 1. The number of hydrogen-bond donors (Lipinski definition) is 1. The Morgan fingerprint density at radius 1 is 1.20 bits per heavy atom. The van der Waals surface area contributed by atoms with Crippen LogP contribution in [0.5, 0.6) is 0 Å². The van der Waals surface area contributed by atoms with E-state index in [0.29, 0.717) is 13.0 Å². The molecule has 1 atom stereocenters. The van der Waals surface area contributed by atoms with Crippen molar-refractivity contribution in [2.24, 2.45) is 0 Å². The van der Waals surface area contributed by atoms with Crippen molar-refractivity contribution in [3.05, 3.63) is 75.7 Å². The van der Waals surface area contributed by atoms with Gasteiger partial charge in [0.2, 0.25) is 5.91 Å². The highest BCUT2D eigenvalue weighted by atomic mass is 32.1. The number of nitrogens with one attached hydrogen (secondary N) is 1. The molecule has 3 aromatic rings. The van der Waals surface area contributed by atoms with Gasteiger partial charge in [0.25, 0.3) is 0 Å². The predicted molar refractivity (Wildman–Crippen MR) is 102 cm³/mol. The third-order valence-electron chi connectivity index (χ3n) is 4.19. The maximum Gasteiger partial charge on any atom is 0.220 e. The molecule has 1 unspecified atom stereocenters. The Labute approximate surface area is 152 Å². The first-order valence-corrected chi connectivity index (χ1v) is 9.38. The molecule has 0 saturated heterocycles. The first-order valence-electron chi connectivity index (χ1n) is 8.50. The third-order valence-corrected chi connectivity index (χ3v) is 5.16. The highest BCUT2D eigenvalue weighted by Gasteiger charge is 2.19. The summed E-state index contributed by atoms with van der Waals surface area (Å²) in [5.74, 6) is 0.0759. The van der Waals surface area contributed by atoms with E-state index in [9.17, 15) is 4.79 Å². The molecule has 4 nitrogen and oxygen atoms in total. The molecule has 0 fully saturated rings. The number of rotatable bonds is 7. The van der Waals surface area contributed by atoms with Crippen molar-refractivity contribution in [3.63, 3.8) is 0 Å². The molecule has 0 saturated carbocycles. The molecule has 0 aliphatic heterocycles. The van der Waals surface area contributed by atoms with Crippen LogP contribution in [-0.4, -0.2) is 22.2 Å². The second-order valence-corrected chi connectivity index (χ2v) is 7.17. The van der Waals surface area contributed by atoms with E-state index in [1.807, 2.05) is 35.9 Å². The molecule has 0 radical (unpaired) electrons. The summed E-state index contributed by atoms with van der Waals surface area (Å²) in [7, 11) is 0. The van der Waals surface area contributed by atoms with Crippen molar-refractivity contribution in [2.75, 3.05) is 6.54 Å². The second-order valence-electron chi connectivity index (χ2n) is 6.19. The largest absolute Gasteiger partial charge is 0.354 e. The van der Waals surface area contributed by atoms with E-state index in [2.05, 4.69) is 47.0 Å². The lowest BCUT2D eigenvalue weighted by Crippen LogP contribution is -2.32. The monoisotopic (exact) mass is 353 g/mol. The third kappa shape index (κ3) is 4.57. The minimum absolute atomic E-state index is 0.0365. The molecule has 0 bridgehead atoms. The lowest BCUT2D eigenvalue weighted by atomic mass is 10.1. The molecule has 0 aliphatic carbocycles. The van der Waals surface area contributed by atoms with Crippen LogP contribution in [0.4, 0.5) is 0 Å². The van der Waals surface area contributed by atoms with Crippen molar-refractivity contribution < 1.29 is 4.79 Å². The van der Waals surface area contributed by atoms with Crippen LogP contribution in [0, 0.1) is 13.8 Å². The van der Waals surface area contributed by atoms with E-state index in [1.165, 1.54) is 10.4 Å². The lowest BCUT2D eigenvalue weighted by Gasteiger charge is -2.19. The first kappa shape index (κ1) is 17.4. The number of carbonyl (C=O) groups excluding carboxylic acids is 1. The van der Waals surface area contributed by atoms with Gasteiger partial charge >= 0.3 is 0 Å².